The van der Waals surface area contributed by atoms with Gasteiger partial charge >= 0.3 is 0 Å². The van der Waals surface area contributed by atoms with Gasteiger partial charge in [-0.05, 0) is 19.9 Å². The first kappa shape index (κ1) is 12.0. The van der Waals surface area contributed by atoms with E-state index >= 15 is 0 Å². The van der Waals surface area contributed by atoms with Crippen molar-refractivity contribution in [2.45, 2.75) is 19.3 Å². The van der Waals surface area contributed by atoms with Crippen molar-refractivity contribution in [3.8, 4) is 0 Å². The second-order valence-electron chi connectivity index (χ2n) is 3.83. The van der Waals surface area contributed by atoms with Crippen LogP contribution in [-0.4, -0.2) is 54.3 Å². The van der Waals surface area contributed by atoms with E-state index in [2.05, 4.69) is 27.9 Å². The third-order valence-electron chi connectivity index (χ3n) is 2.63. The minimum Gasteiger partial charge on any atom is -0.340 e. The largest absolute Gasteiger partial charge is 0.340 e. The Kier molecular flexibility index (Phi) is 5.48. The molecule has 0 aromatic carbocycles. The van der Waals surface area contributed by atoms with E-state index in [4.69, 9.17) is 0 Å². The van der Waals surface area contributed by atoms with Crippen molar-refractivity contribution >= 4 is 21.8 Å². The predicted molar refractivity (Wildman–Crippen MR) is 61.7 cm³/mol. The molecule has 1 fully saturated rings. The molecule has 1 amide bonds. The molecule has 0 unspecified atom stereocenters. The van der Waals surface area contributed by atoms with Crippen molar-refractivity contribution in [1.82, 2.24) is 9.80 Å². The maximum absolute atomic E-state index is 11.7. The van der Waals surface area contributed by atoms with Crippen LogP contribution in [0.1, 0.15) is 19.3 Å². The standard InChI is InChI=1S/C10H19BrN2O/c1-12-6-8-13(9-7-12)10(14)4-2-3-5-11/h2-9H2,1H3. The van der Waals surface area contributed by atoms with Crippen molar-refractivity contribution in [2.24, 2.45) is 0 Å². The molecule has 0 saturated carbocycles. The minimum absolute atomic E-state index is 0.332. The van der Waals surface area contributed by atoms with Gasteiger partial charge in [0.05, 0.1) is 0 Å². The number of hydrogen-bond acceptors (Lipinski definition) is 2. The zero-order chi connectivity index (χ0) is 10.4. The summed E-state index contributed by atoms with van der Waals surface area (Å²) in [5, 5.41) is 1.00. The molecule has 0 aromatic rings. The highest BCUT2D eigenvalue weighted by Gasteiger charge is 2.17. The first-order chi connectivity index (χ1) is 6.74. The summed E-state index contributed by atoms with van der Waals surface area (Å²) >= 11 is 3.37. The Bertz CT molecular complexity index is 179. The smallest absolute Gasteiger partial charge is 0.222 e. The van der Waals surface area contributed by atoms with Crippen LogP contribution < -0.4 is 0 Å². The minimum atomic E-state index is 0.332. The SMILES string of the molecule is CN1CCN(C(=O)CCCCBr)CC1. The van der Waals surface area contributed by atoms with Gasteiger partial charge in [0, 0.05) is 37.9 Å². The molecule has 82 valence electrons. The molecule has 0 aliphatic carbocycles. The number of rotatable bonds is 4. The van der Waals surface area contributed by atoms with E-state index in [1.54, 1.807) is 0 Å². The number of hydrogen-bond donors (Lipinski definition) is 0. The van der Waals surface area contributed by atoms with Gasteiger partial charge in [-0.25, -0.2) is 0 Å². The van der Waals surface area contributed by atoms with Gasteiger partial charge in [0.15, 0.2) is 0 Å². The molecule has 1 saturated heterocycles. The number of carbonyl (C=O) groups is 1. The molecule has 0 aromatic heterocycles. The number of nitrogens with zero attached hydrogens (tertiary/aromatic N) is 2. The molecule has 0 N–H and O–H groups in total. The molecular formula is C10H19BrN2O. The lowest BCUT2D eigenvalue weighted by Crippen LogP contribution is -2.47. The van der Waals surface area contributed by atoms with Crippen molar-refractivity contribution in [1.29, 1.82) is 0 Å². The summed E-state index contributed by atoms with van der Waals surface area (Å²) in [4.78, 5) is 15.9. The quantitative estimate of drug-likeness (QED) is 0.564. The Balaban J connectivity index is 2.17. The molecule has 1 heterocycles. The Hall–Kier alpha value is -0.0900. The molecule has 0 spiro atoms. The van der Waals surface area contributed by atoms with E-state index in [9.17, 15) is 4.79 Å². The monoisotopic (exact) mass is 262 g/mol. The Labute approximate surface area is 94.6 Å². The van der Waals surface area contributed by atoms with Gasteiger partial charge in [-0.2, -0.15) is 0 Å². The number of amides is 1. The lowest BCUT2D eigenvalue weighted by Gasteiger charge is -2.32. The maximum atomic E-state index is 11.7. The van der Waals surface area contributed by atoms with E-state index in [1.165, 1.54) is 0 Å². The van der Waals surface area contributed by atoms with Gasteiger partial charge < -0.3 is 9.80 Å². The Morgan fingerprint density at radius 2 is 1.86 bits per heavy atom. The first-order valence-corrected chi connectivity index (χ1v) is 6.38. The molecule has 0 radical (unpaired) electrons. The topological polar surface area (TPSA) is 23.6 Å². The van der Waals surface area contributed by atoms with E-state index in [0.717, 1.165) is 50.8 Å². The van der Waals surface area contributed by atoms with Crippen molar-refractivity contribution in [3.05, 3.63) is 0 Å². The van der Waals surface area contributed by atoms with E-state index in [0.29, 0.717) is 5.91 Å². The van der Waals surface area contributed by atoms with Crippen LogP contribution in [0.25, 0.3) is 0 Å². The maximum Gasteiger partial charge on any atom is 0.222 e. The first-order valence-electron chi connectivity index (χ1n) is 5.26. The van der Waals surface area contributed by atoms with Crippen LogP contribution >= 0.6 is 15.9 Å². The molecular weight excluding hydrogens is 244 g/mol. The van der Waals surface area contributed by atoms with Gasteiger partial charge in [0.1, 0.15) is 0 Å². The van der Waals surface area contributed by atoms with Gasteiger partial charge in [0.2, 0.25) is 5.91 Å². The highest BCUT2D eigenvalue weighted by Crippen LogP contribution is 2.05. The third kappa shape index (κ3) is 3.96. The average Bonchev–Trinajstić information content (AvgIpc) is 2.19. The fourth-order valence-corrected chi connectivity index (χ4v) is 1.98. The number of halogens is 1. The molecule has 4 heteroatoms. The molecule has 3 nitrogen and oxygen atoms in total. The van der Waals surface area contributed by atoms with E-state index < -0.39 is 0 Å². The summed E-state index contributed by atoms with van der Waals surface area (Å²) < 4.78 is 0. The highest BCUT2D eigenvalue weighted by atomic mass is 79.9. The zero-order valence-corrected chi connectivity index (χ0v) is 10.4. The van der Waals surface area contributed by atoms with Crippen LogP contribution in [0.3, 0.4) is 0 Å². The fraction of sp³-hybridized carbons (Fsp3) is 0.900. The molecule has 14 heavy (non-hydrogen) atoms. The summed E-state index contributed by atoms with van der Waals surface area (Å²) in [5.41, 5.74) is 0. The van der Waals surface area contributed by atoms with Gasteiger partial charge in [-0.15, -0.1) is 0 Å². The van der Waals surface area contributed by atoms with E-state index in [1.807, 2.05) is 4.90 Å². The summed E-state index contributed by atoms with van der Waals surface area (Å²) in [7, 11) is 2.10. The summed E-state index contributed by atoms with van der Waals surface area (Å²) in [6.07, 6.45) is 2.82. The molecule has 1 aliphatic rings. The number of carbonyl (C=O) groups excluding carboxylic acids is 1. The van der Waals surface area contributed by atoms with Crippen molar-refractivity contribution in [2.75, 3.05) is 38.6 Å². The summed E-state index contributed by atoms with van der Waals surface area (Å²) in [6.45, 7) is 3.85. The number of piperazine rings is 1. The molecule has 1 rings (SSSR count). The zero-order valence-electron chi connectivity index (χ0n) is 8.84. The number of unbranched alkanes of at least 4 members (excludes halogenated alkanes) is 1. The normalized spacial score (nSPS) is 18.6. The van der Waals surface area contributed by atoms with Crippen LogP contribution in [0, 0.1) is 0 Å². The van der Waals surface area contributed by atoms with Crippen LogP contribution in [0.2, 0.25) is 0 Å². The molecule has 0 bridgehead atoms. The van der Waals surface area contributed by atoms with Crippen LogP contribution in [0.5, 0.6) is 0 Å². The highest BCUT2D eigenvalue weighted by molar-refractivity contribution is 9.09. The van der Waals surface area contributed by atoms with Crippen LogP contribution in [0.4, 0.5) is 0 Å². The third-order valence-corrected chi connectivity index (χ3v) is 3.19. The van der Waals surface area contributed by atoms with Crippen molar-refractivity contribution < 1.29 is 4.79 Å². The van der Waals surface area contributed by atoms with Gasteiger partial charge in [0.25, 0.3) is 0 Å². The number of alkyl halides is 1. The van der Waals surface area contributed by atoms with Gasteiger partial charge in [-0.1, -0.05) is 15.9 Å². The lowest BCUT2D eigenvalue weighted by atomic mass is 10.2. The Morgan fingerprint density at radius 1 is 1.21 bits per heavy atom. The summed E-state index contributed by atoms with van der Waals surface area (Å²) in [6, 6.07) is 0. The molecule has 1 aliphatic heterocycles. The Morgan fingerprint density at radius 3 is 2.43 bits per heavy atom. The summed E-state index contributed by atoms with van der Waals surface area (Å²) in [5.74, 6) is 0.332. The van der Waals surface area contributed by atoms with Crippen molar-refractivity contribution in [3.63, 3.8) is 0 Å². The fourth-order valence-electron chi connectivity index (χ4n) is 1.58. The van der Waals surface area contributed by atoms with Gasteiger partial charge in [-0.3, -0.25) is 4.79 Å². The lowest BCUT2D eigenvalue weighted by molar-refractivity contribution is -0.132. The second kappa shape index (κ2) is 6.40. The van der Waals surface area contributed by atoms with E-state index in [-0.39, 0.29) is 0 Å². The second-order valence-corrected chi connectivity index (χ2v) is 4.62. The van der Waals surface area contributed by atoms with Crippen LogP contribution in [0.15, 0.2) is 0 Å². The molecule has 0 atom stereocenters. The predicted octanol–water partition coefficient (Wildman–Crippen LogP) is 1.33. The number of likely N-dealkylation sites (N-methyl/N-ethyl adjacent to an activating group) is 1. The average molecular weight is 263 g/mol. The van der Waals surface area contributed by atoms with Crippen LogP contribution in [-0.2, 0) is 4.79 Å².